The number of aryl methyl sites for hydroxylation is 1. The molecule has 3 rings (SSSR count). The average Bonchev–Trinajstić information content (AvgIpc) is 3.02. The number of hydrogen-bond donors (Lipinski definition) is 0. The van der Waals surface area contributed by atoms with Gasteiger partial charge < -0.3 is 4.74 Å². The van der Waals surface area contributed by atoms with Gasteiger partial charge in [0.25, 0.3) is 0 Å². The quantitative estimate of drug-likeness (QED) is 0.276. The molecule has 0 saturated heterocycles. The highest BCUT2D eigenvalue weighted by Gasteiger charge is 2.14. The molecule has 4 nitrogen and oxygen atoms in total. The largest absolute Gasteiger partial charge is 0.469 e. The summed E-state index contributed by atoms with van der Waals surface area (Å²) in [6.45, 7) is 1.92. The van der Waals surface area contributed by atoms with Crippen molar-refractivity contribution in [1.82, 2.24) is 9.97 Å². The van der Waals surface area contributed by atoms with Crippen molar-refractivity contribution in [2.45, 2.75) is 24.8 Å². The van der Waals surface area contributed by atoms with Gasteiger partial charge in [-0.3, -0.25) is 4.79 Å². The van der Waals surface area contributed by atoms with E-state index in [4.69, 9.17) is 0 Å². The Kier molecular flexibility index (Phi) is 5.48. The summed E-state index contributed by atoms with van der Waals surface area (Å²) in [6, 6.07) is 10.3. The minimum atomic E-state index is -0.167. The highest BCUT2D eigenvalue weighted by atomic mass is 32.2. The van der Waals surface area contributed by atoms with E-state index < -0.39 is 0 Å². The normalized spacial score (nSPS) is 10.9. The van der Waals surface area contributed by atoms with Crippen LogP contribution in [-0.2, 0) is 9.53 Å². The van der Waals surface area contributed by atoms with Crippen LogP contribution < -0.4 is 0 Å². The van der Waals surface area contributed by atoms with Gasteiger partial charge in [-0.15, -0.1) is 23.1 Å². The average molecular weight is 358 g/mol. The summed E-state index contributed by atoms with van der Waals surface area (Å²) in [4.78, 5) is 21.5. The smallest absolute Gasteiger partial charge is 0.305 e. The second-order valence-corrected chi connectivity index (χ2v) is 7.24. The van der Waals surface area contributed by atoms with Gasteiger partial charge in [-0.25, -0.2) is 9.97 Å². The van der Waals surface area contributed by atoms with Crippen molar-refractivity contribution in [3.63, 3.8) is 0 Å². The molecule has 1 aromatic carbocycles. The second-order valence-electron chi connectivity index (χ2n) is 5.30. The number of thiophene rings is 1. The summed E-state index contributed by atoms with van der Waals surface area (Å²) in [5.74, 6) is 1.43. The van der Waals surface area contributed by atoms with E-state index in [0.717, 1.165) is 33.2 Å². The number of hydrogen-bond acceptors (Lipinski definition) is 6. The lowest BCUT2D eigenvalue weighted by atomic mass is 10.1. The van der Waals surface area contributed by atoms with Crippen LogP contribution in [0.2, 0.25) is 0 Å². The highest BCUT2D eigenvalue weighted by molar-refractivity contribution is 7.99. The molecule has 0 N–H and O–H groups in total. The summed E-state index contributed by atoms with van der Waals surface area (Å²) in [6.07, 6.45) is 1.21. The van der Waals surface area contributed by atoms with Crippen LogP contribution in [0.3, 0.4) is 0 Å². The molecule has 0 saturated carbocycles. The molecule has 6 heteroatoms. The first-order chi connectivity index (χ1) is 11.7. The summed E-state index contributed by atoms with van der Waals surface area (Å²) in [5, 5.41) is 4.24. The van der Waals surface area contributed by atoms with Crippen molar-refractivity contribution >= 4 is 39.3 Å². The van der Waals surface area contributed by atoms with Gasteiger partial charge in [0, 0.05) is 23.1 Å². The van der Waals surface area contributed by atoms with Crippen LogP contribution in [0.5, 0.6) is 0 Å². The number of carbonyl (C=O) groups is 1. The fourth-order valence-corrected chi connectivity index (χ4v) is 4.52. The van der Waals surface area contributed by atoms with Crippen LogP contribution in [0.15, 0.2) is 40.7 Å². The maximum absolute atomic E-state index is 11.2. The summed E-state index contributed by atoms with van der Waals surface area (Å²) in [7, 11) is 1.42. The first-order valence-corrected chi connectivity index (χ1v) is 9.56. The number of ether oxygens (including phenoxy) is 1. The molecule has 0 bridgehead atoms. The van der Waals surface area contributed by atoms with Crippen molar-refractivity contribution in [3.8, 4) is 11.1 Å². The SMILES string of the molecule is COC(=O)CCCSc1nc(C)nc2scc(-c3ccccc3)c12. The first kappa shape index (κ1) is 16.9. The predicted octanol–water partition coefficient (Wildman–Crippen LogP) is 4.71. The number of thioether (sulfide) groups is 1. The monoisotopic (exact) mass is 358 g/mol. The number of nitrogens with zero attached hydrogens (tertiary/aromatic N) is 2. The molecule has 2 heterocycles. The van der Waals surface area contributed by atoms with Gasteiger partial charge in [-0.1, -0.05) is 30.3 Å². The Hall–Kier alpha value is -1.92. The first-order valence-electron chi connectivity index (χ1n) is 7.70. The molecule has 124 valence electrons. The molecular formula is C18H18N2O2S2. The molecule has 0 amide bonds. The third kappa shape index (κ3) is 3.76. The van der Waals surface area contributed by atoms with E-state index in [2.05, 4.69) is 32.2 Å². The van der Waals surface area contributed by atoms with E-state index in [1.165, 1.54) is 18.2 Å². The number of benzene rings is 1. The summed E-state index contributed by atoms with van der Waals surface area (Å²) < 4.78 is 4.68. The molecular weight excluding hydrogens is 340 g/mol. The van der Waals surface area contributed by atoms with E-state index in [1.54, 1.807) is 23.1 Å². The molecule has 0 radical (unpaired) electrons. The number of carbonyl (C=O) groups excluding carboxylic acids is 1. The van der Waals surface area contributed by atoms with Crippen molar-refractivity contribution in [2.75, 3.05) is 12.9 Å². The fourth-order valence-electron chi connectivity index (χ4n) is 2.43. The third-order valence-corrected chi connectivity index (χ3v) is 5.52. The predicted molar refractivity (Wildman–Crippen MR) is 99.6 cm³/mol. The van der Waals surface area contributed by atoms with Crippen LogP contribution in [0.1, 0.15) is 18.7 Å². The molecule has 3 aromatic rings. The Morgan fingerprint density at radius 1 is 1.25 bits per heavy atom. The lowest BCUT2D eigenvalue weighted by Gasteiger charge is -2.06. The number of esters is 1. The van der Waals surface area contributed by atoms with Crippen LogP contribution in [0.25, 0.3) is 21.3 Å². The topological polar surface area (TPSA) is 52.1 Å². The minimum absolute atomic E-state index is 0.167. The number of rotatable bonds is 6. The molecule has 0 unspecified atom stereocenters. The van der Waals surface area contributed by atoms with Gasteiger partial charge in [0.15, 0.2) is 0 Å². The second kappa shape index (κ2) is 7.77. The Bertz CT molecular complexity index is 847. The van der Waals surface area contributed by atoms with E-state index >= 15 is 0 Å². The molecule has 0 spiro atoms. The number of methoxy groups -OCH3 is 1. The van der Waals surface area contributed by atoms with E-state index in [0.29, 0.717) is 6.42 Å². The van der Waals surface area contributed by atoms with Crippen molar-refractivity contribution in [2.24, 2.45) is 0 Å². The number of fused-ring (bicyclic) bond motifs is 1. The fraction of sp³-hybridized carbons (Fsp3) is 0.278. The third-order valence-electron chi connectivity index (χ3n) is 3.59. The highest BCUT2D eigenvalue weighted by Crippen LogP contribution is 2.38. The van der Waals surface area contributed by atoms with Crippen molar-refractivity contribution < 1.29 is 9.53 Å². The molecule has 2 aromatic heterocycles. The Morgan fingerprint density at radius 2 is 2.04 bits per heavy atom. The Balaban J connectivity index is 1.89. The maximum Gasteiger partial charge on any atom is 0.305 e. The van der Waals surface area contributed by atoms with Crippen LogP contribution in [-0.4, -0.2) is 28.8 Å². The lowest BCUT2D eigenvalue weighted by Crippen LogP contribution is -2.00. The zero-order valence-corrected chi connectivity index (χ0v) is 15.2. The van der Waals surface area contributed by atoms with Crippen LogP contribution in [0, 0.1) is 6.92 Å². The van der Waals surface area contributed by atoms with Crippen LogP contribution in [0.4, 0.5) is 0 Å². The standard InChI is InChI=1S/C18H18N2O2S2/c1-12-19-17(23-10-6-9-15(21)22-2)16-14(11-24-18(16)20-12)13-7-4-3-5-8-13/h3-5,7-8,11H,6,9-10H2,1-2H3. The van der Waals surface area contributed by atoms with Crippen molar-refractivity contribution in [1.29, 1.82) is 0 Å². The zero-order valence-electron chi connectivity index (χ0n) is 13.6. The van der Waals surface area contributed by atoms with Gasteiger partial charge >= 0.3 is 5.97 Å². The maximum atomic E-state index is 11.2. The van der Waals surface area contributed by atoms with Crippen molar-refractivity contribution in [3.05, 3.63) is 41.5 Å². The van der Waals surface area contributed by atoms with Gasteiger partial charge in [0.1, 0.15) is 15.7 Å². The van der Waals surface area contributed by atoms with Gasteiger partial charge in [-0.2, -0.15) is 0 Å². The number of aromatic nitrogens is 2. The van der Waals surface area contributed by atoms with Gasteiger partial charge in [0.2, 0.25) is 0 Å². The molecule has 0 aliphatic heterocycles. The Morgan fingerprint density at radius 3 is 2.79 bits per heavy atom. The minimum Gasteiger partial charge on any atom is -0.469 e. The molecule has 0 fully saturated rings. The molecule has 0 aliphatic rings. The van der Waals surface area contributed by atoms with Gasteiger partial charge in [0.05, 0.1) is 12.5 Å². The van der Waals surface area contributed by atoms with E-state index in [-0.39, 0.29) is 5.97 Å². The van der Waals surface area contributed by atoms with E-state index in [1.807, 2.05) is 25.1 Å². The lowest BCUT2D eigenvalue weighted by molar-refractivity contribution is -0.140. The van der Waals surface area contributed by atoms with Crippen LogP contribution >= 0.6 is 23.1 Å². The molecule has 0 aliphatic carbocycles. The molecule has 24 heavy (non-hydrogen) atoms. The summed E-state index contributed by atoms with van der Waals surface area (Å²) in [5.41, 5.74) is 2.35. The molecule has 0 atom stereocenters. The van der Waals surface area contributed by atoms with Gasteiger partial charge in [-0.05, 0) is 18.9 Å². The van der Waals surface area contributed by atoms with E-state index in [9.17, 15) is 4.79 Å². The Labute approximate surface area is 149 Å². The zero-order chi connectivity index (χ0) is 16.9. The summed E-state index contributed by atoms with van der Waals surface area (Å²) >= 11 is 3.32.